The largest absolute Gasteiger partial charge is 0.466 e. The molecule has 0 amide bonds. The molecule has 18 heavy (non-hydrogen) atoms. The second-order valence-electron chi connectivity index (χ2n) is 5.21. The molecule has 1 aromatic carbocycles. The number of halogens is 1. The van der Waals surface area contributed by atoms with Crippen molar-refractivity contribution in [2.75, 3.05) is 6.61 Å². The summed E-state index contributed by atoms with van der Waals surface area (Å²) in [5.74, 6) is 1.21. The van der Waals surface area contributed by atoms with Crippen LogP contribution in [0.5, 0.6) is 0 Å². The molecule has 1 aromatic rings. The topological polar surface area (TPSA) is 26.3 Å². The summed E-state index contributed by atoms with van der Waals surface area (Å²) >= 11 is 5.92. The molecule has 0 aromatic heterocycles. The Labute approximate surface area is 112 Å². The van der Waals surface area contributed by atoms with Crippen molar-refractivity contribution in [3.05, 3.63) is 34.9 Å². The molecule has 0 radical (unpaired) electrons. The van der Waals surface area contributed by atoms with Gasteiger partial charge in [0.05, 0.1) is 12.5 Å². The average Bonchev–Trinajstić information content (AvgIpc) is 3.19. The standard InChI is InChI=1S/C15H17ClO2/c1-3-11-12-13(14(17)18-4-2)15(11,12)9-5-7-10(16)8-6-9/h5-8,11-13H,3-4H2,1-2H3/t11-,12?,13+,15?/m1/s1. The molecule has 0 saturated heterocycles. The minimum Gasteiger partial charge on any atom is -0.466 e. The molecule has 3 heteroatoms. The number of ether oxygens (including phenoxy) is 1. The Morgan fingerprint density at radius 1 is 1.33 bits per heavy atom. The van der Waals surface area contributed by atoms with Crippen LogP contribution in [0.3, 0.4) is 0 Å². The molecule has 4 atom stereocenters. The highest BCUT2D eigenvalue weighted by molar-refractivity contribution is 6.30. The highest BCUT2D eigenvalue weighted by Crippen LogP contribution is 2.85. The van der Waals surface area contributed by atoms with E-state index in [0.29, 0.717) is 18.4 Å². The van der Waals surface area contributed by atoms with Gasteiger partial charge in [-0.25, -0.2) is 0 Å². The smallest absolute Gasteiger partial charge is 0.310 e. The van der Waals surface area contributed by atoms with E-state index in [0.717, 1.165) is 11.4 Å². The van der Waals surface area contributed by atoms with Crippen molar-refractivity contribution in [1.82, 2.24) is 0 Å². The van der Waals surface area contributed by atoms with Gasteiger partial charge in [-0.2, -0.15) is 0 Å². The molecule has 2 aliphatic carbocycles. The van der Waals surface area contributed by atoms with E-state index in [1.165, 1.54) is 5.56 Å². The number of rotatable bonds is 4. The first-order valence-electron chi connectivity index (χ1n) is 6.60. The molecule has 2 aliphatic rings. The third-order valence-electron chi connectivity index (χ3n) is 4.58. The zero-order valence-corrected chi connectivity index (χ0v) is 11.4. The number of benzene rings is 1. The van der Waals surface area contributed by atoms with E-state index in [9.17, 15) is 4.79 Å². The molecule has 0 spiro atoms. The van der Waals surface area contributed by atoms with Gasteiger partial charge in [0.1, 0.15) is 0 Å². The molecule has 0 heterocycles. The van der Waals surface area contributed by atoms with Crippen LogP contribution >= 0.6 is 11.6 Å². The van der Waals surface area contributed by atoms with Gasteiger partial charge >= 0.3 is 5.97 Å². The molecule has 0 aliphatic heterocycles. The second-order valence-corrected chi connectivity index (χ2v) is 5.65. The van der Waals surface area contributed by atoms with E-state index >= 15 is 0 Å². The molecule has 2 unspecified atom stereocenters. The number of fused-ring (bicyclic) bond motifs is 1. The summed E-state index contributed by atoms with van der Waals surface area (Å²) in [5, 5.41) is 0.744. The van der Waals surface area contributed by atoms with E-state index in [1.807, 2.05) is 19.1 Å². The van der Waals surface area contributed by atoms with Gasteiger partial charge in [-0.3, -0.25) is 4.79 Å². The zero-order chi connectivity index (χ0) is 12.9. The first kappa shape index (κ1) is 12.0. The Kier molecular flexibility index (Phi) is 2.67. The van der Waals surface area contributed by atoms with E-state index in [2.05, 4.69) is 19.1 Å². The van der Waals surface area contributed by atoms with Gasteiger partial charge in [-0.1, -0.05) is 37.1 Å². The lowest BCUT2D eigenvalue weighted by Crippen LogP contribution is -2.22. The van der Waals surface area contributed by atoms with Crippen LogP contribution in [0.4, 0.5) is 0 Å². The third-order valence-corrected chi connectivity index (χ3v) is 4.83. The molecular weight excluding hydrogens is 248 g/mol. The third kappa shape index (κ3) is 1.38. The quantitative estimate of drug-likeness (QED) is 0.779. The van der Waals surface area contributed by atoms with Gasteiger partial charge in [0.25, 0.3) is 0 Å². The predicted octanol–water partition coefficient (Wildman–Crippen LogP) is 3.43. The fourth-order valence-electron chi connectivity index (χ4n) is 3.78. The van der Waals surface area contributed by atoms with Crippen LogP contribution in [-0.2, 0) is 14.9 Å². The highest BCUT2D eigenvalue weighted by Gasteiger charge is 2.88. The lowest BCUT2D eigenvalue weighted by atomic mass is 9.88. The Morgan fingerprint density at radius 2 is 2.00 bits per heavy atom. The van der Waals surface area contributed by atoms with Crippen molar-refractivity contribution < 1.29 is 9.53 Å². The molecular formula is C15H17ClO2. The van der Waals surface area contributed by atoms with E-state index in [-0.39, 0.29) is 17.3 Å². The number of hydrogen-bond acceptors (Lipinski definition) is 2. The van der Waals surface area contributed by atoms with E-state index in [4.69, 9.17) is 16.3 Å². The fourth-order valence-corrected chi connectivity index (χ4v) is 3.91. The van der Waals surface area contributed by atoms with Crippen molar-refractivity contribution in [3.8, 4) is 0 Å². The molecule has 0 N–H and O–H groups in total. The summed E-state index contributed by atoms with van der Waals surface area (Å²) in [6.45, 7) is 4.52. The lowest BCUT2D eigenvalue weighted by molar-refractivity contribution is -0.146. The molecule has 2 nitrogen and oxygen atoms in total. The van der Waals surface area contributed by atoms with Gasteiger partial charge in [0.15, 0.2) is 0 Å². The predicted molar refractivity (Wildman–Crippen MR) is 70.5 cm³/mol. The maximum absolute atomic E-state index is 11.9. The minimum atomic E-state index is -0.0258. The summed E-state index contributed by atoms with van der Waals surface area (Å²) in [6.07, 6.45) is 1.13. The molecule has 2 fully saturated rings. The monoisotopic (exact) mass is 264 g/mol. The molecule has 0 bridgehead atoms. The number of esters is 1. The van der Waals surface area contributed by atoms with Gasteiger partial charge in [0.2, 0.25) is 0 Å². The van der Waals surface area contributed by atoms with E-state index < -0.39 is 0 Å². The van der Waals surface area contributed by atoms with Crippen LogP contribution in [0.15, 0.2) is 24.3 Å². The first-order valence-corrected chi connectivity index (χ1v) is 6.98. The van der Waals surface area contributed by atoms with Gasteiger partial charge in [-0.15, -0.1) is 0 Å². The molecule has 3 rings (SSSR count). The average molecular weight is 265 g/mol. The maximum Gasteiger partial charge on any atom is 0.310 e. The number of carbonyl (C=O) groups is 1. The van der Waals surface area contributed by atoms with Gasteiger partial charge in [0, 0.05) is 10.4 Å². The van der Waals surface area contributed by atoms with Crippen molar-refractivity contribution >= 4 is 17.6 Å². The van der Waals surface area contributed by atoms with Crippen LogP contribution in [0.25, 0.3) is 0 Å². The van der Waals surface area contributed by atoms with Gasteiger partial charge < -0.3 is 4.74 Å². The fraction of sp³-hybridized carbons (Fsp3) is 0.533. The van der Waals surface area contributed by atoms with Crippen LogP contribution in [0, 0.1) is 17.8 Å². The summed E-state index contributed by atoms with van der Waals surface area (Å²) in [4.78, 5) is 11.9. The van der Waals surface area contributed by atoms with Crippen molar-refractivity contribution in [2.24, 2.45) is 17.8 Å². The summed E-state index contributed by atoms with van der Waals surface area (Å²) in [5.41, 5.74) is 1.33. The second kappa shape index (κ2) is 3.99. The van der Waals surface area contributed by atoms with Crippen LogP contribution in [0.1, 0.15) is 25.8 Å². The maximum atomic E-state index is 11.9. The minimum absolute atomic E-state index is 0.0258. The van der Waals surface area contributed by atoms with Crippen molar-refractivity contribution in [2.45, 2.75) is 25.7 Å². The SMILES string of the molecule is CCOC(=O)[C@@H]1C2[C@@H](CC)C21c1ccc(Cl)cc1. The summed E-state index contributed by atoms with van der Waals surface area (Å²) < 4.78 is 5.16. The number of carbonyl (C=O) groups excluding carboxylic acids is 1. The molecule has 96 valence electrons. The molecule has 2 saturated carbocycles. The van der Waals surface area contributed by atoms with Crippen LogP contribution < -0.4 is 0 Å². The first-order chi connectivity index (χ1) is 8.67. The zero-order valence-electron chi connectivity index (χ0n) is 10.7. The number of hydrogen-bond donors (Lipinski definition) is 0. The summed E-state index contributed by atoms with van der Waals surface area (Å²) in [6, 6.07) is 7.94. The van der Waals surface area contributed by atoms with Crippen molar-refractivity contribution in [3.63, 3.8) is 0 Å². The lowest BCUT2D eigenvalue weighted by Gasteiger charge is -2.17. The Morgan fingerprint density at radius 3 is 2.56 bits per heavy atom. The Balaban J connectivity index is 1.85. The normalized spacial score (nSPS) is 35.8. The highest BCUT2D eigenvalue weighted by atomic mass is 35.5. The van der Waals surface area contributed by atoms with Crippen LogP contribution in [0.2, 0.25) is 5.02 Å². The Bertz CT molecular complexity index is 482. The van der Waals surface area contributed by atoms with Crippen LogP contribution in [-0.4, -0.2) is 12.6 Å². The van der Waals surface area contributed by atoms with E-state index in [1.54, 1.807) is 0 Å². The van der Waals surface area contributed by atoms with Gasteiger partial charge in [-0.05, 0) is 36.5 Å². The van der Waals surface area contributed by atoms with Crippen molar-refractivity contribution in [1.29, 1.82) is 0 Å². The Hall–Kier alpha value is -1.02. The summed E-state index contributed by atoms with van der Waals surface area (Å²) in [7, 11) is 0.